The van der Waals surface area contributed by atoms with Crippen LogP contribution in [0.15, 0.2) is 71.7 Å². The third-order valence-corrected chi connectivity index (χ3v) is 5.56. The van der Waals surface area contributed by atoms with Crippen molar-refractivity contribution in [3.05, 3.63) is 77.9 Å². The molecule has 0 aliphatic heterocycles. The van der Waals surface area contributed by atoms with E-state index in [0.717, 1.165) is 28.8 Å². The van der Waals surface area contributed by atoms with Crippen LogP contribution in [0.2, 0.25) is 0 Å². The Bertz CT molecular complexity index is 1350. The zero-order valence-corrected chi connectivity index (χ0v) is 22.7. The molecule has 3 aromatic rings. The molecule has 11 N–H and O–H groups in total. The molecule has 0 spiro atoms. The average Bonchev–Trinajstić information content (AvgIpc) is 2.92. The first-order valence-corrected chi connectivity index (χ1v) is 12.7. The van der Waals surface area contributed by atoms with Crippen LogP contribution in [0.1, 0.15) is 30.9 Å². The summed E-state index contributed by atoms with van der Waals surface area (Å²) in [6.45, 7) is 1.99. The van der Waals surface area contributed by atoms with Crippen LogP contribution in [0.5, 0.6) is 0 Å². The molecule has 0 saturated heterocycles. The van der Waals surface area contributed by atoms with Gasteiger partial charge in [0.15, 0.2) is 5.96 Å². The number of nitrogens with zero attached hydrogens (tertiary/aromatic N) is 1. The maximum atomic E-state index is 13.0. The van der Waals surface area contributed by atoms with Crippen LogP contribution in [-0.4, -0.2) is 47.6 Å². The minimum absolute atomic E-state index is 0.0304. The highest BCUT2D eigenvalue weighted by Gasteiger charge is 2.20. The Labute approximate surface area is 237 Å². The second-order valence-corrected chi connectivity index (χ2v) is 8.90. The predicted molar refractivity (Wildman–Crippen MR) is 158 cm³/mol. The number of aliphatic imine (C=N–C) groups is 1. The molecule has 13 heteroatoms. The number of nitrogens with one attached hydrogen (secondary N) is 4. The third kappa shape index (κ3) is 12.4. The highest BCUT2D eigenvalue weighted by Crippen LogP contribution is 2.22. The molecule has 218 valence electrons. The Hall–Kier alpha value is -5.33. The maximum absolute atomic E-state index is 13.0. The summed E-state index contributed by atoms with van der Waals surface area (Å²) in [6.07, 6.45) is 0.829. The highest BCUT2D eigenvalue weighted by atomic mass is 16.4. The fraction of sp³-hybridized carbons (Fsp3) is 0.250. The molecule has 0 fully saturated rings. The van der Waals surface area contributed by atoms with E-state index < -0.39 is 24.1 Å². The number of fused-ring (bicyclic) bond motifs is 1. The summed E-state index contributed by atoms with van der Waals surface area (Å²) in [6, 6.07) is 18.8. The number of rotatable bonds is 11. The monoisotopic (exact) mass is 564 g/mol. The molecule has 5 amide bonds. The van der Waals surface area contributed by atoms with Crippen LogP contribution < -0.4 is 38.5 Å². The van der Waals surface area contributed by atoms with Crippen LogP contribution in [0.3, 0.4) is 0 Å². The fourth-order valence-electron chi connectivity index (χ4n) is 3.70. The summed E-state index contributed by atoms with van der Waals surface area (Å²) in [5.74, 6) is -1.20. The van der Waals surface area contributed by atoms with E-state index in [9.17, 15) is 14.4 Å². The van der Waals surface area contributed by atoms with Gasteiger partial charge in [0.05, 0.1) is 5.69 Å². The molecular weight excluding hydrogens is 528 g/mol. The molecular formula is C28H36N8O5. The lowest BCUT2D eigenvalue weighted by Gasteiger charge is -2.19. The number of hydrogen-bond acceptors (Lipinski definition) is 5. The predicted octanol–water partition coefficient (Wildman–Crippen LogP) is 1.96. The number of hydrogen-bond donors (Lipinski definition) is 8. The Morgan fingerprint density at radius 1 is 0.854 bits per heavy atom. The van der Waals surface area contributed by atoms with Gasteiger partial charge < -0.3 is 43.6 Å². The lowest BCUT2D eigenvalue weighted by Crippen LogP contribution is -2.48. The quantitative estimate of drug-likeness (QED) is 0.0979. The van der Waals surface area contributed by atoms with Crippen LogP contribution >= 0.6 is 0 Å². The SMILES string of the molecule is CC(=O)O.NC(=O)NCc1ccc(CNC(=O)[C@@H](CCCN=C(N)N)NC(=O)Nc2cccc3ccccc23)cc1. The lowest BCUT2D eigenvalue weighted by atomic mass is 10.1. The summed E-state index contributed by atoms with van der Waals surface area (Å²) in [4.78, 5) is 49.6. The van der Waals surface area contributed by atoms with Crippen molar-refractivity contribution in [2.45, 2.75) is 38.9 Å². The van der Waals surface area contributed by atoms with Crippen molar-refractivity contribution in [2.24, 2.45) is 22.2 Å². The molecule has 3 aromatic carbocycles. The largest absolute Gasteiger partial charge is 0.481 e. The van der Waals surface area contributed by atoms with Gasteiger partial charge in [-0.15, -0.1) is 0 Å². The number of guanidine groups is 1. The molecule has 3 rings (SSSR count). The number of carbonyl (C=O) groups excluding carboxylic acids is 3. The fourth-order valence-corrected chi connectivity index (χ4v) is 3.70. The van der Waals surface area contributed by atoms with Crippen molar-refractivity contribution in [2.75, 3.05) is 11.9 Å². The van der Waals surface area contributed by atoms with Crippen LogP contribution in [0.25, 0.3) is 10.8 Å². The van der Waals surface area contributed by atoms with Crippen molar-refractivity contribution in [1.29, 1.82) is 0 Å². The molecule has 0 bridgehead atoms. The van der Waals surface area contributed by atoms with E-state index in [1.165, 1.54) is 0 Å². The maximum Gasteiger partial charge on any atom is 0.319 e. The number of carboxylic acid groups (broad SMARTS) is 1. The minimum atomic E-state index is -0.833. The van der Waals surface area contributed by atoms with Gasteiger partial charge >= 0.3 is 12.1 Å². The molecule has 0 radical (unpaired) electrons. The van der Waals surface area contributed by atoms with Gasteiger partial charge in [0, 0.05) is 31.9 Å². The number of benzene rings is 3. The smallest absolute Gasteiger partial charge is 0.319 e. The van der Waals surface area contributed by atoms with Crippen molar-refractivity contribution in [1.82, 2.24) is 16.0 Å². The van der Waals surface area contributed by atoms with Gasteiger partial charge in [-0.3, -0.25) is 14.6 Å². The van der Waals surface area contributed by atoms with Gasteiger partial charge in [0.25, 0.3) is 5.97 Å². The molecule has 0 saturated carbocycles. The molecule has 1 atom stereocenters. The van der Waals surface area contributed by atoms with Gasteiger partial charge in [-0.25, -0.2) is 9.59 Å². The Balaban J connectivity index is 0.00000138. The van der Waals surface area contributed by atoms with E-state index in [-0.39, 0.29) is 18.4 Å². The number of amides is 5. The van der Waals surface area contributed by atoms with Crippen molar-refractivity contribution in [3.8, 4) is 0 Å². The van der Waals surface area contributed by atoms with E-state index >= 15 is 0 Å². The summed E-state index contributed by atoms with van der Waals surface area (Å²) >= 11 is 0. The normalized spacial score (nSPS) is 10.8. The van der Waals surface area contributed by atoms with Crippen molar-refractivity contribution >= 4 is 46.4 Å². The number of anilines is 1. The standard InChI is InChI=1S/C26H32N8O3.C2H4O2/c27-24(28)30-14-4-9-22(23(35)31-15-17-10-12-18(13-11-17)16-32-25(29)36)34-26(37)33-21-8-3-6-19-5-1-2-7-20(19)21;1-2(3)4/h1-3,5-8,10-13,22H,4,9,14-16H2,(H,31,35)(H4,27,28,30)(H3,29,32,36)(H2,33,34,37);1H3,(H,3,4)/t22-;/m1./s1. The molecule has 0 aliphatic carbocycles. The lowest BCUT2D eigenvalue weighted by molar-refractivity contribution is -0.134. The molecule has 41 heavy (non-hydrogen) atoms. The van der Waals surface area contributed by atoms with E-state index in [1.54, 1.807) is 6.07 Å². The second-order valence-electron chi connectivity index (χ2n) is 8.90. The number of urea groups is 2. The second kappa shape index (κ2) is 16.6. The summed E-state index contributed by atoms with van der Waals surface area (Å²) in [5.41, 5.74) is 18.2. The first-order valence-electron chi connectivity index (χ1n) is 12.7. The summed E-state index contributed by atoms with van der Waals surface area (Å²) in [5, 5.41) is 20.3. The topological polar surface area (TPSA) is 227 Å². The van der Waals surface area contributed by atoms with Gasteiger partial charge in [0.2, 0.25) is 5.91 Å². The first kappa shape index (κ1) is 31.9. The van der Waals surface area contributed by atoms with E-state index in [4.69, 9.17) is 27.1 Å². The molecule has 0 aromatic heterocycles. The van der Waals surface area contributed by atoms with Crippen molar-refractivity contribution in [3.63, 3.8) is 0 Å². The third-order valence-electron chi connectivity index (χ3n) is 5.56. The van der Waals surface area contributed by atoms with E-state index in [0.29, 0.717) is 31.6 Å². The number of aliphatic carboxylic acids is 1. The number of carbonyl (C=O) groups is 4. The van der Waals surface area contributed by atoms with Crippen LogP contribution in [0, 0.1) is 0 Å². The molecule has 13 nitrogen and oxygen atoms in total. The average molecular weight is 565 g/mol. The number of nitrogens with two attached hydrogens (primary N) is 3. The zero-order chi connectivity index (χ0) is 30.2. The number of primary amides is 1. The van der Waals surface area contributed by atoms with Crippen molar-refractivity contribution < 1.29 is 24.3 Å². The first-order chi connectivity index (χ1) is 19.5. The summed E-state index contributed by atoms with van der Waals surface area (Å²) in [7, 11) is 0. The molecule has 0 heterocycles. The van der Waals surface area contributed by atoms with Gasteiger partial charge in [-0.2, -0.15) is 0 Å². The van der Waals surface area contributed by atoms with Gasteiger partial charge in [-0.05, 0) is 35.4 Å². The number of carboxylic acids is 1. The van der Waals surface area contributed by atoms with E-state index in [1.807, 2.05) is 60.7 Å². The van der Waals surface area contributed by atoms with Crippen LogP contribution in [0.4, 0.5) is 15.3 Å². The molecule has 0 aliphatic rings. The van der Waals surface area contributed by atoms with Gasteiger partial charge in [0.1, 0.15) is 6.04 Å². The Morgan fingerprint density at radius 3 is 2.05 bits per heavy atom. The van der Waals surface area contributed by atoms with E-state index in [2.05, 4.69) is 26.3 Å². The Kier molecular flexibility index (Phi) is 12.9. The molecule has 0 unspecified atom stereocenters. The highest BCUT2D eigenvalue weighted by molar-refractivity contribution is 6.02. The zero-order valence-electron chi connectivity index (χ0n) is 22.7. The minimum Gasteiger partial charge on any atom is -0.481 e. The Morgan fingerprint density at radius 2 is 1.44 bits per heavy atom. The summed E-state index contributed by atoms with van der Waals surface area (Å²) < 4.78 is 0. The van der Waals surface area contributed by atoms with Gasteiger partial charge in [-0.1, -0.05) is 60.7 Å². The van der Waals surface area contributed by atoms with Crippen LogP contribution in [-0.2, 0) is 22.7 Å².